The predicted octanol–water partition coefficient (Wildman–Crippen LogP) is 5.93. The first-order chi connectivity index (χ1) is 15.6. The number of furan rings is 1. The molecule has 0 aliphatic heterocycles. The molecule has 0 spiro atoms. The summed E-state index contributed by atoms with van der Waals surface area (Å²) in [7, 11) is -1.97. The number of anilines is 1. The third kappa shape index (κ3) is 4.86. The number of rotatable bonds is 6. The van der Waals surface area contributed by atoms with Crippen LogP contribution < -0.4 is 4.31 Å². The lowest BCUT2D eigenvalue weighted by atomic mass is 10.1. The van der Waals surface area contributed by atoms with E-state index in [0.29, 0.717) is 17.3 Å². The zero-order valence-electron chi connectivity index (χ0n) is 16.5. The molecular weight excluding hydrogens is 481 g/mol. The van der Waals surface area contributed by atoms with Crippen LogP contribution in [0.25, 0.3) is 11.0 Å². The number of alkyl halides is 3. The van der Waals surface area contributed by atoms with E-state index < -0.39 is 28.7 Å². The Labute approximate surface area is 192 Å². The summed E-state index contributed by atoms with van der Waals surface area (Å²) in [5.41, 5.74) is 0.282. The standard InChI is InChI=1S/C22H14ClF3N2O4S/c23-18-10-16(22(24,25)26)11-27-20(18)28(12-13-1-6-19-15(9-13)7-8-32-19)33(31)17-4-2-14(3-5-17)21(29)30/h1-11H,12H2,(H,29,30). The molecule has 1 atom stereocenters. The van der Waals surface area contributed by atoms with Gasteiger partial charge < -0.3 is 9.52 Å². The molecular formula is C22H14ClF3N2O4S. The third-order valence-electron chi connectivity index (χ3n) is 4.73. The maximum atomic E-state index is 13.4. The fourth-order valence-corrected chi connectivity index (χ4v) is 4.61. The van der Waals surface area contributed by atoms with Crippen LogP contribution in [0.5, 0.6) is 0 Å². The van der Waals surface area contributed by atoms with E-state index in [9.17, 15) is 22.2 Å². The summed E-state index contributed by atoms with van der Waals surface area (Å²) in [6.45, 7) is -0.00744. The first-order valence-electron chi connectivity index (χ1n) is 9.35. The molecule has 4 rings (SSSR count). The molecule has 33 heavy (non-hydrogen) atoms. The van der Waals surface area contributed by atoms with E-state index in [1.807, 2.05) is 0 Å². The van der Waals surface area contributed by atoms with Crippen LogP contribution in [0.4, 0.5) is 19.0 Å². The molecule has 0 amide bonds. The fourth-order valence-electron chi connectivity index (χ4n) is 3.10. The monoisotopic (exact) mass is 494 g/mol. The topological polar surface area (TPSA) is 83.6 Å². The van der Waals surface area contributed by atoms with Gasteiger partial charge in [-0.15, -0.1) is 0 Å². The predicted molar refractivity (Wildman–Crippen MR) is 116 cm³/mol. The van der Waals surface area contributed by atoms with Crippen molar-refractivity contribution in [2.24, 2.45) is 0 Å². The number of carbonyl (C=O) groups is 1. The van der Waals surface area contributed by atoms with Gasteiger partial charge in [-0.2, -0.15) is 13.2 Å². The molecule has 170 valence electrons. The number of carboxylic acids is 1. The Morgan fingerprint density at radius 3 is 2.48 bits per heavy atom. The Morgan fingerprint density at radius 2 is 1.85 bits per heavy atom. The number of nitrogens with zero attached hydrogens (tertiary/aromatic N) is 2. The van der Waals surface area contributed by atoms with E-state index in [0.717, 1.165) is 11.5 Å². The summed E-state index contributed by atoms with van der Waals surface area (Å²) >= 11 is 6.14. The second-order valence-electron chi connectivity index (χ2n) is 6.94. The molecule has 0 saturated heterocycles. The molecule has 0 fully saturated rings. The molecule has 0 aliphatic rings. The first-order valence-corrected chi connectivity index (χ1v) is 10.8. The van der Waals surface area contributed by atoms with Crippen molar-refractivity contribution in [3.8, 4) is 0 Å². The lowest BCUT2D eigenvalue weighted by Crippen LogP contribution is -2.27. The Kier molecular flexibility index (Phi) is 6.13. The average Bonchev–Trinajstić information content (AvgIpc) is 3.24. The largest absolute Gasteiger partial charge is 0.478 e. The van der Waals surface area contributed by atoms with Crippen LogP contribution in [0.15, 0.2) is 76.4 Å². The van der Waals surface area contributed by atoms with Crippen molar-refractivity contribution in [1.29, 1.82) is 0 Å². The Balaban J connectivity index is 1.75. The normalized spacial score (nSPS) is 12.6. The summed E-state index contributed by atoms with van der Waals surface area (Å²) in [4.78, 5) is 15.2. The van der Waals surface area contributed by atoms with Crippen molar-refractivity contribution >= 4 is 45.3 Å². The molecule has 1 N–H and O–H groups in total. The lowest BCUT2D eigenvalue weighted by molar-refractivity contribution is -0.137. The lowest BCUT2D eigenvalue weighted by Gasteiger charge is -2.24. The molecule has 4 aromatic rings. The van der Waals surface area contributed by atoms with Crippen molar-refractivity contribution in [2.45, 2.75) is 17.6 Å². The van der Waals surface area contributed by atoms with Gasteiger partial charge in [0, 0.05) is 11.6 Å². The molecule has 0 aliphatic carbocycles. The molecule has 2 aromatic heterocycles. The highest BCUT2D eigenvalue weighted by Crippen LogP contribution is 2.35. The molecule has 11 heteroatoms. The van der Waals surface area contributed by atoms with Gasteiger partial charge in [0.05, 0.1) is 33.9 Å². The number of aromatic nitrogens is 1. The van der Waals surface area contributed by atoms with E-state index in [1.165, 1.54) is 34.8 Å². The Hall–Kier alpha value is -3.37. The number of hydrogen-bond acceptors (Lipinski definition) is 4. The number of carboxylic acid groups (broad SMARTS) is 1. The molecule has 2 heterocycles. The van der Waals surface area contributed by atoms with Gasteiger partial charge in [0.2, 0.25) is 0 Å². The van der Waals surface area contributed by atoms with Crippen LogP contribution in [0.1, 0.15) is 21.5 Å². The summed E-state index contributed by atoms with van der Waals surface area (Å²) in [5.74, 6) is -1.26. The van der Waals surface area contributed by atoms with E-state index in [4.69, 9.17) is 21.1 Å². The summed E-state index contributed by atoms with van der Waals surface area (Å²) in [5, 5.41) is 9.54. The minimum absolute atomic E-state index is 0.00148. The smallest absolute Gasteiger partial charge is 0.417 e. The van der Waals surface area contributed by atoms with Gasteiger partial charge in [0.1, 0.15) is 5.58 Å². The van der Waals surface area contributed by atoms with E-state index in [-0.39, 0.29) is 27.8 Å². The molecule has 0 bridgehead atoms. The second-order valence-corrected chi connectivity index (χ2v) is 8.75. The highest BCUT2D eigenvalue weighted by Gasteiger charge is 2.32. The van der Waals surface area contributed by atoms with Gasteiger partial charge in [-0.05, 0) is 54.1 Å². The highest BCUT2D eigenvalue weighted by atomic mass is 35.5. The van der Waals surface area contributed by atoms with Gasteiger partial charge in [-0.25, -0.2) is 14.0 Å². The van der Waals surface area contributed by atoms with Gasteiger partial charge in [-0.3, -0.25) is 4.31 Å². The maximum absolute atomic E-state index is 13.4. The van der Waals surface area contributed by atoms with Gasteiger partial charge in [0.25, 0.3) is 0 Å². The SMILES string of the molecule is O=C(O)c1ccc(S(=O)N(Cc2ccc3occc3c2)c2ncc(C(F)(F)F)cc2Cl)cc1. The number of pyridine rings is 1. The zero-order valence-corrected chi connectivity index (χ0v) is 18.1. The quantitative estimate of drug-likeness (QED) is 0.359. The minimum atomic E-state index is -4.64. The van der Waals surface area contributed by atoms with Crippen LogP contribution in [-0.2, 0) is 23.7 Å². The first kappa shape index (κ1) is 22.8. The van der Waals surface area contributed by atoms with Crippen molar-refractivity contribution < 1.29 is 31.7 Å². The molecule has 0 saturated carbocycles. The molecule has 2 aromatic carbocycles. The maximum Gasteiger partial charge on any atom is 0.417 e. The number of benzene rings is 2. The van der Waals surface area contributed by atoms with E-state index in [1.54, 1.807) is 24.3 Å². The second kappa shape index (κ2) is 8.87. The summed E-state index contributed by atoms with van der Waals surface area (Å²) in [6.07, 6.45) is -2.50. The Morgan fingerprint density at radius 1 is 1.12 bits per heavy atom. The van der Waals surface area contributed by atoms with Crippen LogP contribution in [0.2, 0.25) is 5.02 Å². The van der Waals surface area contributed by atoms with Crippen molar-refractivity contribution in [1.82, 2.24) is 4.98 Å². The molecule has 0 radical (unpaired) electrons. The number of hydrogen-bond donors (Lipinski definition) is 1. The zero-order chi connectivity index (χ0) is 23.8. The van der Waals surface area contributed by atoms with Crippen LogP contribution in [0.3, 0.4) is 0 Å². The van der Waals surface area contributed by atoms with Crippen molar-refractivity contribution in [2.75, 3.05) is 4.31 Å². The van der Waals surface area contributed by atoms with Crippen molar-refractivity contribution in [3.63, 3.8) is 0 Å². The number of aromatic carboxylic acids is 1. The minimum Gasteiger partial charge on any atom is -0.478 e. The number of fused-ring (bicyclic) bond motifs is 1. The van der Waals surface area contributed by atoms with Crippen LogP contribution in [0, 0.1) is 0 Å². The summed E-state index contributed by atoms with van der Waals surface area (Å²) < 4.78 is 59.2. The van der Waals surface area contributed by atoms with E-state index >= 15 is 0 Å². The average molecular weight is 495 g/mol. The van der Waals surface area contributed by atoms with Crippen LogP contribution >= 0.6 is 11.6 Å². The van der Waals surface area contributed by atoms with Gasteiger partial charge in [-0.1, -0.05) is 17.7 Å². The van der Waals surface area contributed by atoms with E-state index in [2.05, 4.69) is 4.98 Å². The summed E-state index contributed by atoms with van der Waals surface area (Å²) in [6, 6.07) is 13.0. The molecule has 1 unspecified atom stereocenters. The van der Waals surface area contributed by atoms with Gasteiger partial charge >= 0.3 is 12.1 Å². The van der Waals surface area contributed by atoms with Gasteiger partial charge in [0.15, 0.2) is 16.8 Å². The number of halogens is 4. The third-order valence-corrected chi connectivity index (χ3v) is 6.39. The fraction of sp³-hybridized carbons (Fsp3) is 0.0909. The Bertz CT molecular complexity index is 1360. The highest BCUT2D eigenvalue weighted by molar-refractivity contribution is 7.86. The molecule has 6 nitrogen and oxygen atoms in total. The van der Waals surface area contributed by atoms with Crippen LogP contribution in [-0.4, -0.2) is 20.3 Å². The van der Waals surface area contributed by atoms with Crippen molar-refractivity contribution in [3.05, 3.63) is 88.8 Å².